The Hall–Kier alpha value is -2.17. The number of halogens is 1. The summed E-state index contributed by atoms with van der Waals surface area (Å²) < 4.78 is 24.5. The average Bonchev–Trinajstić information content (AvgIpc) is 3.13. The van der Waals surface area contributed by atoms with Crippen LogP contribution in [0.2, 0.25) is 0 Å². The standard InChI is InChI=1S/C18H20FNO3/c1-12-13(2)23-16(20-12)11-22-17(21)18(8-3-4-9-18)14-6-5-7-15(19)10-14/h5-7,10H,3-4,8-9,11H2,1-2H3. The molecular formula is C18H20FNO3. The molecule has 23 heavy (non-hydrogen) atoms. The number of aryl methyl sites for hydroxylation is 2. The molecule has 0 aliphatic heterocycles. The predicted octanol–water partition coefficient (Wildman–Crippen LogP) is 3.99. The molecule has 1 heterocycles. The summed E-state index contributed by atoms with van der Waals surface area (Å²) in [6, 6.07) is 6.26. The van der Waals surface area contributed by atoms with Crippen molar-refractivity contribution in [2.45, 2.75) is 51.6 Å². The minimum atomic E-state index is -0.751. The molecule has 1 aromatic carbocycles. The lowest BCUT2D eigenvalue weighted by Gasteiger charge is -2.27. The molecular weight excluding hydrogens is 297 g/mol. The Bertz CT molecular complexity index is 697. The maximum Gasteiger partial charge on any atom is 0.317 e. The van der Waals surface area contributed by atoms with Crippen LogP contribution in [0.5, 0.6) is 0 Å². The van der Waals surface area contributed by atoms with E-state index in [1.807, 2.05) is 13.8 Å². The van der Waals surface area contributed by atoms with Gasteiger partial charge in [0.05, 0.1) is 11.1 Å². The first-order valence-corrected chi connectivity index (χ1v) is 7.87. The van der Waals surface area contributed by atoms with Gasteiger partial charge >= 0.3 is 5.97 Å². The molecule has 0 spiro atoms. The van der Waals surface area contributed by atoms with Gasteiger partial charge in [-0.1, -0.05) is 25.0 Å². The number of hydrogen-bond acceptors (Lipinski definition) is 4. The summed E-state index contributed by atoms with van der Waals surface area (Å²) in [6.07, 6.45) is 3.23. The lowest BCUT2D eigenvalue weighted by molar-refractivity contribution is -0.152. The van der Waals surface area contributed by atoms with Crippen molar-refractivity contribution in [1.29, 1.82) is 0 Å². The lowest BCUT2D eigenvalue weighted by Crippen LogP contribution is -2.34. The highest BCUT2D eigenvalue weighted by molar-refractivity contribution is 5.83. The molecule has 0 unspecified atom stereocenters. The Labute approximate surface area is 134 Å². The Morgan fingerprint density at radius 2 is 2.09 bits per heavy atom. The quantitative estimate of drug-likeness (QED) is 0.800. The lowest BCUT2D eigenvalue weighted by atomic mass is 9.79. The van der Waals surface area contributed by atoms with Gasteiger partial charge in [-0.2, -0.15) is 0 Å². The number of benzene rings is 1. The fourth-order valence-electron chi connectivity index (χ4n) is 3.24. The first-order chi connectivity index (χ1) is 11.0. The molecule has 3 rings (SSSR count). The minimum absolute atomic E-state index is 0.00454. The molecule has 1 aromatic heterocycles. The number of rotatable bonds is 4. The number of aromatic nitrogens is 1. The van der Waals surface area contributed by atoms with E-state index in [0.717, 1.165) is 24.3 Å². The van der Waals surface area contributed by atoms with Crippen molar-refractivity contribution in [3.8, 4) is 0 Å². The van der Waals surface area contributed by atoms with Gasteiger partial charge in [0.2, 0.25) is 5.89 Å². The molecule has 0 N–H and O–H groups in total. The van der Waals surface area contributed by atoms with E-state index in [2.05, 4.69) is 4.98 Å². The first-order valence-electron chi connectivity index (χ1n) is 7.87. The fourth-order valence-corrected chi connectivity index (χ4v) is 3.24. The number of hydrogen-bond donors (Lipinski definition) is 0. The van der Waals surface area contributed by atoms with Gasteiger partial charge in [0.15, 0.2) is 6.61 Å². The number of nitrogens with zero attached hydrogens (tertiary/aromatic N) is 1. The number of ether oxygens (including phenoxy) is 1. The third kappa shape index (κ3) is 3.00. The molecule has 0 saturated heterocycles. The van der Waals surface area contributed by atoms with Gasteiger partial charge < -0.3 is 9.15 Å². The molecule has 4 nitrogen and oxygen atoms in total. The summed E-state index contributed by atoms with van der Waals surface area (Å²) in [5.41, 5.74) is 0.732. The summed E-state index contributed by atoms with van der Waals surface area (Å²) in [5, 5.41) is 0. The summed E-state index contributed by atoms with van der Waals surface area (Å²) in [7, 11) is 0. The van der Waals surface area contributed by atoms with Crippen molar-refractivity contribution in [1.82, 2.24) is 4.98 Å². The van der Waals surface area contributed by atoms with E-state index < -0.39 is 5.41 Å². The van der Waals surface area contributed by atoms with E-state index >= 15 is 0 Å². The predicted molar refractivity (Wildman–Crippen MR) is 82.3 cm³/mol. The van der Waals surface area contributed by atoms with Crippen LogP contribution >= 0.6 is 0 Å². The van der Waals surface area contributed by atoms with E-state index in [1.54, 1.807) is 12.1 Å². The summed E-state index contributed by atoms with van der Waals surface area (Å²) in [6.45, 7) is 3.67. The van der Waals surface area contributed by atoms with Crippen LogP contribution in [0.15, 0.2) is 28.7 Å². The van der Waals surface area contributed by atoms with Crippen LogP contribution in [0, 0.1) is 19.7 Å². The normalized spacial score (nSPS) is 16.5. The highest BCUT2D eigenvalue weighted by atomic mass is 19.1. The molecule has 1 fully saturated rings. The number of carbonyl (C=O) groups is 1. The fraction of sp³-hybridized carbons (Fsp3) is 0.444. The van der Waals surface area contributed by atoms with Crippen molar-refractivity contribution >= 4 is 5.97 Å². The number of carbonyl (C=O) groups excluding carboxylic acids is 1. The van der Waals surface area contributed by atoms with Gasteiger partial charge in [-0.3, -0.25) is 4.79 Å². The Morgan fingerprint density at radius 3 is 2.70 bits per heavy atom. The zero-order chi connectivity index (χ0) is 16.4. The maximum absolute atomic E-state index is 13.6. The van der Waals surface area contributed by atoms with Crippen molar-refractivity contribution in [3.05, 3.63) is 53.0 Å². The van der Waals surface area contributed by atoms with Crippen LogP contribution in [0.4, 0.5) is 4.39 Å². The second kappa shape index (κ2) is 6.14. The van der Waals surface area contributed by atoms with Crippen molar-refractivity contribution in [2.75, 3.05) is 0 Å². The highest BCUT2D eigenvalue weighted by Gasteiger charge is 2.44. The maximum atomic E-state index is 13.6. The topological polar surface area (TPSA) is 52.3 Å². The Morgan fingerprint density at radius 1 is 1.35 bits per heavy atom. The van der Waals surface area contributed by atoms with Gasteiger partial charge in [-0.05, 0) is 44.4 Å². The molecule has 0 amide bonds. The summed E-state index contributed by atoms with van der Waals surface area (Å²) in [5.74, 6) is 0.451. The smallest absolute Gasteiger partial charge is 0.317 e. The van der Waals surface area contributed by atoms with Crippen molar-refractivity contribution in [3.63, 3.8) is 0 Å². The minimum Gasteiger partial charge on any atom is -0.455 e. The van der Waals surface area contributed by atoms with E-state index in [0.29, 0.717) is 24.3 Å². The zero-order valence-electron chi connectivity index (χ0n) is 13.4. The van der Waals surface area contributed by atoms with E-state index in [9.17, 15) is 9.18 Å². The SMILES string of the molecule is Cc1nc(COC(=O)C2(c3cccc(F)c3)CCCC2)oc1C. The molecule has 5 heteroatoms. The summed E-state index contributed by atoms with van der Waals surface area (Å²) in [4.78, 5) is 16.9. The number of oxazole rings is 1. The zero-order valence-corrected chi connectivity index (χ0v) is 13.4. The molecule has 2 aromatic rings. The molecule has 0 atom stereocenters. The van der Waals surface area contributed by atoms with Crippen LogP contribution < -0.4 is 0 Å². The highest BCUT2D eigenvalue weighted by Crippen LogP contribution is 2.42. The molecule has 1 saturated carbocycles. The summed E-state index contributed by atoms with van der Waals surface area (Å²) >= 11 is 0. The largest absolute Gasteiger partial charge is 0.455 e. The van der Waals surface area contributed by atoms with Crippen LogP contribution in [-0.2, 0) is 21.6 Å². The molecule has 1 aliphatic carbocycles. The van der Waals surface area contributed by atoms with E-state index in [-0.39, 0.29) is 18.4 Å². The van der Waals surface area contributed by atoms with E-state index in [1.165, 1.54) is 12.1 Å². The van der Waals surface area contributed by atoms with Gasteiger partial charge in [0.25, 0.3) is 0 Å². The Kier molecular flexibility index (Phi) is 4.20. The van der Waals surface area contributed by atoms with Crippen LogP contribution in [0.25, 0.3) is 0 Å². The molecule has 1 aliphatic rings. The van der Waals surface area contributed by atoms with Crippen LogP contribution in [0.1, 0.15) is 48.6 Å². The molecule has 0 bridgehead atoms. The van der Waals surface area contributed by atoms with Crippen molar-refractivity contribution < 1.29 is 18.3 Å². The van der Waals surface area contributed by atoms with Gasteiger partial charge in [-0.15, -0.1) is 0 Å². The first kappa shape index (κ1) is 15.7. The van der Waals surface area contributed by atoms with Crippen LogP contribution in [0.3, 0.4) is 0 Å². The van der Waals surface area contributed by atoms with Gasteiger partial charge in [0.1, 0.15) is 11.6 Å². The van der Waals surface area contributed by atoms with E-state index in [4.69, 9.17) is 9.15 Å². The van der Waals surface area contributed by atoms with Gasteiger partial charge in [-0.25, -0.2) is 9.37 Å². The van der Waals surface area contributed by atoms with Crippen molar-refractivity contribution in [2.24, 2.45) is 0 Å². The Balaban J connectivity index is 1.79. The monoisotopic (exact) mass is 317 g/mol. The second-order valence-electron chi connectivity index (χ2n) is 6.12. The van der Waals surface area contributed by atoms with Crippen LogP contribution in [-0.4, -0.2) is 11.0 Å². The second-order valence-corrected chi connectivity index (χ2v) is 6.12. The third-order valence-corrected chi connectivity index (χ3v) is 4.62. The number of esters is 1. The average molecular weight is 317 g/mol. The van der Waals surface area contributed by atoms with Gasteiger partial charge in [0, 0.05) is 0 Å². The molecule has 122 valence electrons. The third-order valence-electron chi connectivity index (χ3n) is 4.62. The molecule has 0 radical (unpaired) electrons.